The highest BCUT2D eigenvalue weighted by atomic mass is 35.5. The lowest BCUT2D eigenvalue weighted by Gasteiger charge is -2.08. The maximum Gasteiger partial charge on any atom is 0.335 e. The van der Waals surface area contributed by atoms with Gasteiger partial charge in [0.05, 0.1) is 5.56 Å². The van der Waals surface area contributed by atoms with Gasteiger partial charge < -0.3 is 15.3 Å². The van der Waals surface area contributed by atoms with Crippen LogP contribution in [0, 0.1) is 0 Å². The van der Waals surface area contributed by atoms with Crippen LogP contribution in [0.25, 0.3) is 11.1 Å². The van der Waals surface area contributed by atoms with Crippen LogP contribution >= 0.6 is 11.6 Å². The molecule has 2 rings (SSSR count). The van der Waals surface area contributed by atoms with Crippen LogP contribution in [0.1, 0.15) is 10.4 Å². The van der Waals surface area contributed by atoms with Crippen molar-refractivity contribution >= 4 is 17.6 Å². The number of carboxylic acid groups (broad SMARTS) is 1. The predicted octanol–water partition coefficient (Wildman–Crippen LogP) is 3.12. The number of halogens is 1. The van der Waals surface area contributed by atoms with Gasteiger partial charge in [0.1, 0.15) is 11.5 Å². The summed E-state index contributed by atoms with van der Waals surface area (Å²) in [5.41, 5.74) is 0.777. The number of carbonyl (C=O) groups is 1. The van der Waals surface area contributed by atoms with Gasteiger partial charge >= 0.3 is 5.97 Å². The Morgan fingerprint density at radius 1 is 1.00 bits per heavy atom. The van der Waals surface area contributed by atoms with E-state index in [1.165, 1.54) is 30.3 Å². The summed E-state index contributed by atoms with van der Waals surface area (Å²) in [7, 11) is 0. The van der Waals surface area contributed by atoms with Crippen molar-refractivity contribution < 1.29 is 20.1 Å². The van der Waals surface area contributed by atoms with E-state index in [0.29, 0.717) is 16.1 Å². The second-order valence-electron chi connectivity index (χ2n) is 3.70. The maximum atomic E-state index is 10.7. The lowest BCUT2D eigenvalue weighted by atomic mass is 10.0. The molecule has 0 bridgehead atoms. The van der Waals surface area contributed by atoms with Gasteiger partial charge in [-0.25, -0.2) is 4.79 Å². The summed E-state index contributed by atoms with van der Waals surface area (Å²) in [6, 6.07) is 8.26. The number of benzene rings is 2. The van der Waals surface area contributed by atoms with E-state index in [2.05, 4.69) is 0 Å². The van der Waals surface area contributed by atoms with Crippen molar-refractivity contribution in [2.75, 3.05) is 0 Å². The Morgan fingerprint density at radius 2 is 1.72 bits per heavy atom. The predicted molar refractivity (Wildman–Crippen MR) is 67.2 cm³/mol. The molecule has 0 aromatic heterocycles. The Balaban J connectivity index is 2.58. The molecule has 4 nitrogen and oxygen atoms in total. The van der Waals surface area contributed by atoms with Crippen molar-refractivity contribution in [2.45, 2.75) is 0 Å². The van der Waals surface area contributed by atoms with E-state index in [4.69, 9.17) is 16.7 Å². The smallest absolute Gasteiger partial charge is 0.335 e. The van der Waals surface area contributed by atoms with Crippen molar-refractivity contribution in [3.8, 4) is 22.6 Å². The van der Waals surface area contributed by atoms with E-state index in [1.807, 2.05) is 0 Å². The Kier molecular flexibility index (Phi) is 3.12. The molecule has 3 N–H and O–H groups in total. The summed E-state index contributed by atoms with van der Waals surface area (Å²) in [5, 5.41) is 28.3. The Bertz CT molecular complexity index is 622. The summed E-state index contributed by atoms with van der Waals surface area (Å²) in [6.45, 7) is 0. The van der Waals surface area contributed by atoms with Crippen molar-refractivity contribution in [3.63, 3.8) is 0 Å². The number of hydrogen-bond donors (Lipinski definition) is 3. The number of hydrogen-bond acceptors (Lipinski definition) is 3. The molecule has 2 aromatic rings. The van der Waals surface area contributed by atoms with Crippen LogP contribution in [0.2, 0.25) is 5.02 Å². The summed E-state index contributed by atoms with van der Waals surface area (Å²) >= 11 is 5.97. The fraction of sp³-hybridized carbons (Fsp3) is 0. The lowest BCUT2D eigenvalue weighted by Crippen LogP contribution is -1.95. The second kappa shape index (κ2) is 4.58. The number of carboxylic acids is 1. The number of phenols is 2. The SMILES string of the molecule is O=C(O)c1ccc(-c2cc(O)ccc2Cl)c(O)c1. The maximum absolute atomic E-state index is 10.7. The first-order chi connectivity index (χ1) is 8.49. The van der Waals surface area contributed by atoms with E-state index in [-0.39, 0.29) is 17.1 Å². The number of aromatic hydroxyl groups is 2. The molecule has 5 heteroatoms. The topological polar surface area (TPSA) is 77.8 Å². The average molecular weight is 265 g/mol. The van der Waals surface area contributed by atoms with Crippen LogP contribution in [-0.2, 0) is 0 Å². The minimum absolute atomic E-state index is 0.0103. The molecule has 0 aliphatic heterocycles. The molecule has 0 aliphatic carbocycles. The highest BCUT2D eigenvalue weighted by molar-refractivity contribution is 6.33. The molecule has 0 unspecified atom stereocenters. The highest BCUT2D eigenvalue weighted by Gasteiger charge is 2.12. The number of rotatable bonds is 2. The van der Waals surface area contributed by atoms with Gasteiger partial charge in [0.25, 0.3) is 0 Å². The highest BCUT2D eigenvalue weighted by Crippen LogP contribution is 2.36. The number of phenolic OH excluding ortho intramolecular Hbond substituents is 2. The fourth-order valence-electron chi connectivity index (χ4n) is 1.61. The van der Waals surface area contributed by atoms with E-state index in [1.54, 1.807) is 0 Å². The monoisotopic (exact) mass is 264 g/mol. The van der Waals surface area contributed by atoms with Gasteiger partial charge in [0.15, 0.2) is 0 Å². The van der Waals surface area contributed by atoms with Gasteiger partial charge in [-0.15, -0.1) is 0 Å². The molecule has 0 spiro atoms. The van der Waals surface area contributed by atoms with Crippen LogP contribution < -0.4 is 0 Å². The first-order valence-electron chi connectivity index (χ1n) is 5.04. The van der Waals surface area contributed by atoms with Crippen LogP contribution in [0.5, 0.6) is 11.5 Å². The minimum Gasteiger partial charge on any atom is -0.508 e. The molecular weight excluding hydrogens is 256 g/mol. The minimum atomic E-state index is -1.13. The standard InChI is InChI=1S/C13H9ClO4/c14-11-4-2-8(15)6-10(11)9-3-1-7(13(17)18)5-12(9)16/h1-6,15-16H,(H,17,18). The largest absolute Gasteiger partial charge is 0.508 e. The molecule has 18 heavy (non-hydrogen) atoms. The summed E-state index contributed by atoms with van der Waals surface area (Å²) in [6.07, 6.45) is 0. The van der Waals surface area contributed by atoms with Crippen molar-refractivity contribution in [1.82, 2.24) is 0 Å². The first-order valence-corrected chi connectivity index (χ1v) is 5.42. The average Bonchev–Trinajstić information content (AvgIpc) is 2.32. The molecule has 0 saturated carbocycles. The summed E-state index contributed by atoms with van der Waals surface area (Å²) in [4.78, 5) is 10.7. The summed E-state index contributed by atoms with van der Waals surface area (Å²) in [5.74, 6) is -1.32. The Morgan fingerprint density at radius 3 is 2.33 bits per heavy atom. The molecule has 2 aromatic carbocycles. The van der Waals surface area contributed by atoms with Crippen molar-refractivity contribution in [1.29, 1.82) is 0 Å². The molecular formula is C13H9ClO4. The zero-order valence-electron chi connectivity index (χ0n) is 9.09. The van der Waals surface area contributed by atoms with Gasteiger partial charge in [0.2, 0.25) is 0 Å². The van der Waals surface area contributed by atoms with Crippen molar-refractivity contribution in [3.05, 3.63) is 47.0 Å². The Hall–Kier alpha value is -2.20. The van der Waals surface area contributed by atoms with E-state index in [9.17, 15) is 15.0 Å². The molecule has 0 saturated heterocycles. The van der Waals surface area contributed by atoms with E-state index >= 15 is 0 Å². The van der Waals surface area contributed by atoms with Gasteiger partial charge in [-0.2, -0.15) is 0 Å². The molecule has 92 valence electrons. The van der Waals surface area contributed by atoms with Crippen LogP contribution in [0.15, 0.2) is 36.4 Å². The zero-order valence-corrected chi connectivity index (χ0v) is 9.85. The van der Waals surface area contributed by atoms with Gasteiger partial charge in [-0.1, -0.05) is 11.6 Å². The van der Waals surface area contributed by atoms with Crippen molar-refractivity contribution in [2.24, 2.45) is 0 Å². The molecule has 0 radical (unpaired) electrons. The third kappa shape index (κ3) is 2.24. The normalized spacial score (nSPS) is 10.3. The zero-order chi connectivity index (χ0) is 13.3. The quantitative estimate of drug-likeness (QED) is 0.779. The second-order valence-corrected chi connectivity index (χ2v) is 4.11. The van der Waals surface area contributed by atoms with Gasteiger partial charge in [0, 0.05) is 16.1 Å². The van der Waals surface area contributed by atoms with Crippen LogP contribution in [0.4, 0.5) is 0 Å². The third-order valence-electron chi connectivity index (χ3n) is 2.48. The molecule has 0 fully saturated rings. The third-order valence-corrected chi connectivity index (χ3v) is 2.81. The number of aromatic carboxylic acids is 1. The van der Waals surface area contributed by atoms with Crippen LogP contribution in [-0.4, -0.2) is 21.3 Å². The van der Waals surface area contributed by atoms with E-state index in [0.717, 1.165) is 6.07 Å². The van der Waals surface area contributed by atoms with Gasteiger partial charge in [-0.05, 0) is 36.4 Å². The summed E-state index contributed by atoms with van der Waals surface area (Å²) < 4.78 is 0. The lowest BCUT2D eigenvalue weighted by molar-refractivity contribution is 0.0696. The fourth-order valence-corrected chi connectivity index (χ4v) is 1.83. The molecule has 0 atom stereocenters. The Labute approximate surface area is 108 Å². The molecule has 0 amide bonds. The van der Waals surface area contributed by atoms with Crippen LogP contribution in [0.3, 0.4) is 0 Å². The molecule has 0 aliphatic rings. The van der Waals surface area contributed by atoms with Gasteiger partial charge in [-0.3, -0.25) is 0 Å². The first kappa shape index (κ1) is 12.3. The van der Waals surface area contributed by atoms with E-state index < -0.39 is 5.97 Å². The molecule has 0 heterocycles.